The Bertz CT molecular complexity index is 1540. The van der Waals surface area contributed by atoms with Crippen molar-refractivity contribution in [1.29, 1.82) is 0 Å². The topological polar surface area (TPSA) is 86.8 Å². The number of benzene rings is 2. The van der Waals surface area contributed by atoms with Crippen LogP contribution in [0.3, 0.4) is 0 Å². The highest BCUT2D eigenvalue weighted by Crippen LogP contribution is 2.39. The molecule has 0 unspecified atom stereocenters. The molecule has 5 aromatic rings. The lowest BCUT2D eigenvalue weighted by atomic mass is 10.0. The maximum Gasteiger partial charge on any atom is 0.258 e. The summed E-state index contributed by atoms with van der Waals surface area (Å²) in [4.78, 5) is 18.7. The highest BCUT2D eigenvalue weighted by molar-refractivity contribution is 6.35. The second kappa shape index (κ2) is 8.96. The van der Waals surface area contributed by atoms with E-state index in [2.05, 4.69) is 11.1 Å². The van der Waals surface area contributed by atoms with Gasteiger partial charge in [-0.2, -0.15) is 0 Å². The molecule has 3 aromatic heterocycles. The van der Waals surface area contributed by atoms with Gasteiger partial charge in [-0.15, -0.1) is 0 Å². The lowest BCUT2D eigenvalue weighted by Crippen LogP contribution is -2.07. The highest BCUT2D eigenvalue weighted by Gasteiger charge is 2.25. The van der Waals surface area contributed by atoms with Crippen LogP contribution in [-0.4, -0.2) is 19.9 Å². The monoisotopic (exact) mass is 479 g/mol. The fourth-order valence-electron chi connectivity index (χ4n) is 4.15. The molecule has 1 saturated carbocycles. The lowest BCUT2D eigenvalue weighted by Gasteiger charge is -2.14. The summed E-state index contributed by atoms with van der Waals surface area (Å²) >= 11 is 6.59. The molecule has 35 heavy (non-hydrogen) atoms. The van der Waals surface area contributed by atoms with Gasteiger partial charge in [0, 0.05) is 34.3 Å². The van der Waals surface area contributed by atoms with Crippen LogP contribution in [0.2, 0.25) is 5.02 Å². The van der Waals surface area contributed by atoms with Gasteiger partial charge in [0.05, 0.1) is 21.9 Å². The average molecular weight is 480 g/mol. The van der Waals surface area contributed by atoms with E-state index in [4.69, 9.17) is 37.0 Å². The van der Waals surface area contributed by atoms with E-state index in [0.717, 1.165) is 33.4 Å². The van der Waals surface area contributed by atoms with Crippen LogP contribution in [0.5, 0.6) is 5.88 Å². The largest absolute Gasteiger partial charge is 0.469 e. The molecule has 0 spiro atoms. The first-order chi connectivity index (χ1) is 17.2. The van der Waals surface area contributed by atoms with Gasteiger partial charge in [0.2, 0.25) is 0 Å². The third-order valence-electron chi connectivity index (χ3n) is 6.05. The summed E-state index contributed by atoms with van der Waals surface area (Å²) in [5.74, 6) is 1.06. The van der Waals surface area contributed by atoms with Gasteiger partial charge in [-0.3, -0.25) is 9.97 Å². The van der Waals surface area contributed by atoms with Crippen molar-refractivity contribution in [3.05, 3.63) is 95.4 Å². The fourth-order valence-corrected chi connectivity index (χ4v) is 4.43. The van der Waals surface area contributed by atoms with E-state index in [1.54, 1.807) is 6.20 Å². The zero-order valence-electron chi connectivity index (χ0n) is 18.9. The second-order valence-corrected chi connectivity index (χ2v) is 9.03. The molecule has 0 amide bonds. The molecule has 0 aliphatic heterocycles. The number of aromatic nitrogens is 4. The number of hydrogen-bond donors (Lipinski definition) is 1. The number of fused-ring (bicyclic) bond motifs is 1. The predicted octanol–water partition coefficient (Wildman–Crippen LogP) is 6.45. The summed E-state index contributed by atoms with van der Waals surface area (Å²) in [5.41, 5.74) is 12.0. The van der Waals surface area contributed by atoms with E-state index in [1.807, 2.05) is 66.7 Å². The van der Waals surface area contributed by atoms with Crippen LogP contribution >= 0.6 is 11.6 Å². The quantitative estimate of drug-likeness (QED) is 0.301. The van der Waals surface area contributed by atoms with Crippen LogP contribution in [-0.2, 0) is 6.61 Å². The first kappa shape index (κ1) is 21.5. The minimum atomic E-state index is 0.222. The van der Waals surface area contributed by atoms with E-state index in [1.165, 1.54) is 12.8 Å². The fraction of sp³-hybridized carbons (Fsp3) is 0.143. The zero-order valence-corrected chi connectivity index (χ0v) is 19.6. The second-order valence-electron chi connectivity index (χ2n) is 8.63. The average Bonchev–Trinajstić information content (AvgIpc) is 3.74. The summed E-state index contributed by atoms with van der Waals surface area (Å²) < 4.78 is 6.04. The van der Waals surface area contributed by atoms with Crippen molar-refractivity contribution in [2.75, 3.05) is 5.73 Å². The number of hydrogen-bond acceptors (Lipinski definition) is 6. The van der Waals surface area contributed by atoms with Crippen LogP contribution in [0, 0.1) is 0 Å². The number of nitrogens with zero attached hydrogens (tertiary/aromatic N) is 4. The van der Waals surface area contributed by atoms with Gasteiger partial charge in [0.15, 0.2) is 5.82 Å². The molecule has 3 heterocycles. The molecule has 172 valence electrons. The summed E-state index contributed by atoms with van der Waals surface area (Å²) in [6.07, 6.45) is 4.12. The van der Waals surface area contributed by atoms with Crippen LogP contribution in [0.4, 0.5) is 5.82 Å². The molecular formula is C28H22ClN5O. The van der Waals surface area contributed by atoms with Gasteiger partial charge < -0.3 is 10.5 Å². The number of nitrogens with two attached hydrogens (primary N) is 1. The van der Waals surface area contributed by atoms with E-state index < -0.39 is 0 Å². The Hall–Kier alpha value is -4.03. The smallest absolute Gasteiger partial charge is 0.258 e. The van der Waals surface area contributed by atoms with Crippen LogP contribution in [0.15, 0.2) is 79.0 Å². The number of halogens is 1. The van der Waals surface area contributed by atoms with E-state index >= 15 is 0 Å². The third kappa shape index (κ3) is 4.40. The van der Waals surface area contributed by atoms with E-state index in [0.29, 0.717) is 22.3 Å². The number of pyridine rings is 2. The summed E-state index contributed by atoms with van der Waals surface area (Å²) in [6, 6.07) is 23.6. The molecule has 1 aliphatic rings. The third-order valence-corrected chi connectivity index (χ3v) is 6.34. The molecule has 1 fully saturated rings. The van der Waals surface area contributed by atoms with Gasteiger partial charge in [-0.1, -0.05) is 54.1 Å². The molecule has 0 radical (unpaired) electrons. The van der Waals surface area contributed by atoms with Crippen molar-refractivity contribution >= 4 is 28.3 Å². The Morgan fingerprint density at radius 1 is 0.857 bits per heavy atom. The number of anilines is 1. The van der Waals surface area contributed by atoms with Crippen molar-refractivity contribution < 1.29 is 4.74 Å². The molecule has 2 aromatic carbocycles. The Kier molecular flexibility index (Phi) is 5.51. The van der Waals surface area contributed by atoms with Gasteiger partial charge in [0.25, 0.3) is 5.88 Å². The Morgan fingerprint density at radius 3 is 2.51 bits per heavy atom. The molecule has 0 atom stereocenters. The van der Waals surface area contributed by atoms with Gasteiger partial charge >= 0.3 is 0 Å². The Balaban J connectivity index is 1.42. The first-order valence-electron chi connectivity index (χ1n) is 11.5. The summed E-state index contributed by atoms with van der Waals surface area (Å²) in [5, 5.41) is 1.45. The molecule has 6 rings (SSSR count). The lowest BCUT2D eigenvalue weighted by molar-refractivity contribution is 0.290. The maximum absolute atomic E-state index is 6.59. The summed E-state index contributed by atoms with van der Waals surface area (Å²) in [7, 11) is 0. The maximum atomic E-state index is 6.59. The summed E-state index contributed by atoms with van der Waals surface area (Å²) in [6.45, 7) is 0.256. The number of rotatable bonds is 6. The highest BCUT2D eigenvalue weighted by atomic mass is 35.5. The Morgan fingerprint density at radius 2 is 1.69 bits per heavy atom. The molecule has 1 aliphatic carbocycles. The van der Waals surface area contributed by atoms with Crippen molar-refractivity contribution in [2.24, 2.45) is 0 Å². The van der Waals surface area contributed by atoms with E-state index in [-0.39, 0.29) is 18.3 Å². The van der Waals surface area contributed by atoms with Gasteiger partial charge in [-0.25, -0.2) is 9.97 Å². The van der Waals surface area contributed by atoms with Crippen molar-refractivity contribution in [3.63, 3.8) is 0 Å². The Labute approximate surface area is 207 Å². The van der Waals surface area contributed by atoms with Crippen molar-refractivity contribution in [3.8, 4) is 28.4 Å². The predicted molar refractivity (Wildman–Crippen MR) is 138 cm³/mol. The van der Waals surface area contributed by atoms with Gasteiger partial charge in [-0.05, 0) is 43.2 Å². The van der Waals surface area contributed by atoms with Crippen LogP contribution in [0.25, 0.3) is 33.4 Å². The molecule has 7 heteroatoms. The van der Waals surface area contributed by atoms with E-state index in [9.17, 15) is 0 Å². The normalized spacial score (nSPS) is 13.2. The molecule has 0 saturated heterocycles. The zero-order chi connectivity index (χ0) is 23.8. The molecule has 2 N–H and O–H groups in total. The molecular weight excluding hydrogens is 458 g/mol. The van der Waals surface area contributed by atoms with Crippen LogP contribution in [0.1, 0.15) is 30.1 Å². The minimum absolute atomic E-state index is 0.222. The standard InChI is InChI=1S/C28H22ClN5O/c29-22-15-20(14-19-8-5-13-31-24(19)22)26-25(18-6-2-1-3-7-18)33-27(30)28(34-26)35-16-21-9-4-10-23(32-21)17-11-12-17/h1-10,13-15,17H,11-12,16H2,(H2,30,33). The van der Waals surface area contributed by atoms with Crippen molar-refractivity contribution in [1.82, 2.24) is 19.9 Å². The van der Waals surface area contributed by atoms with Crippen LogP contribution < -0.4 is 10.5 Å². The first-order valence-corrected chi connectivity index (χ1v) is 11.9. The minimum Gasteiger partial charge on any atom is -0.469 e. The number of nitrogen functional groups attached to an aromatic ring is 1. The number of ether oxygens (including phenoxy) is 1. The van der Waals surface area contributed by atoms with Gasteiger partial charge in [0.1, 0.15) is 12.3 Å². The molecule has 6 nitrogen and oxygen atoms in total. The SMILES string of the molecule is Nc1nc(-c2ccccc2)c(-c2cc(Cl)c3ncccc3c2)nc1OCc1cccc(C2CC2)n1. The van der Waals surface area contributed by atoms with Crippen molar-refractivity contribution in [2.45, 2.75) is 25.4 Å². The molecule has 0 bridgehead atoms.